The van der Waals surface area contributed by atoms with Crippen molar-refractivity contribution in [2.75, 3.05) is 38.2 Å². The summed E-state index contributed by atoms with van der Waals surface area (Å²) in [6, 6.07) is 11.5. The van der Waals surface area contributed by atoms with Crippen molar-refractivity contribution in [1.29, 1.82) is 0 Å². The number of anilines is 1. The lowest BCUT2D eigenvalue weighted by Crippen LogP contribution is -2.50. The van der Waals surface area contributed by atoms with E-state index in [4.69, 9.17) is 4.74 Å². The summed E-state index contributed by atoms with van der Waals surface area (Å²) in [7, 11) is 1.63. The molecule has 2 heterocycles. The highest BCUT2D eigenvalue weighted by Crippen LogP contribution is 2.22. The number of methoxy groups -OCH3 is 1. The zero-order valence-electron chi connectivity index (χ0n) is 14.3. The third-order valence-corrected chi connectivity index (χ3v) is 4.23. The number of carbonyl (C=O) groups is 2. The third kappa shape index (κ3) is 3.76. The van der Waals surface area contributed by atoms with E-state index in [9.17, 15) is 9.59 Å². The van der Waals surface area contributed by atoms with Gasteiger partial charge in [0.1, 0.15) is 5.75 Å². The second-order valence-corrected chi connectivity index (χ2v) is 5.84. The van der Waals surface area contributed by atoms with Crippen LogP contribution in [0.5, 0.6) is 5.75 Å². The Kier molecular flexibility index (Phi) is 4.92. The molecule has 1 aliphatic rings. The lowest BCUT2D eigenvalue weighted by atomic mass is 10.1. The number of piperazine rings is 1. The van der Waals surface area contributed by atoms with E-state index in [0.29, 0.717) is 26.2 Å². The highest BCUT2D eigenvalue weighted by atomic mass is 16.5. The van der Waals surface area contributed by atoms with E-state index in [1.165, 1.54) is 6.92 Å². The number of rotatable bonds is 4. The number of hydrogen-bond donors (Lipinski definition) is 0. The van der Waals surface area contributed by atoms with Crippen LogP contribution in [0.25, 0.3) is 11.3 Å². The number of aromatic nitrogens is 2. The molecule has 7 heteroatoms. The smallest absolute Gasteiger partial charge is 0.289 e. The van der Waals surface area contributed by atoms with E-state index >= 15 is 0 Å². The molecular formula is C18H20N4O3. The fourth-order valence-corrected chi connectivity index (χ4v) is 2.77. The van der Waals surface area contributed by atoms with Gasteiger partial charge in [-0.3, -0.25) is 9.59 Å². The van der Waals surface area contributed by atoms with E-state index in [0.717, 1.165) is 22.8 Å². The molecule has 0 aliphatic carbocycles. The molecule has 0 atom stereocenters. The molecule has 25 heavy (non-hydrogen) atoms. The first kappa shape index (κ1) is 16.9. The van der Waals surface area contributed by atoms with Crippen LogP contribution >= 0.6 is 0 Å². The van der Waals surface area contributed by atoms with Crippen molar-refractivity contribution in [3.05, 3.63) is 36.4 Å². The van der Waals surface area contributed by atoms with Gasteiger partial charge >= 0.3 is 0 Å². The minimum Gasteiger partial charge on any atom is -0.497 e. The van der Waals surface area contributed by atoms with E-state index in [1.54, 1.807) is 12.0 Å². The van der Waals surface area contributed by atoms with Crippen LogP contribution in [0.15, 0.2) is 36.4 Å². The van der Waals surface area contributed by atoms with Crippen LogP contribution < -0.4 is 9.64 Å². The number of benzene rings is 1. The van der Waals surface area contributed by atoms with Gasteiger partial charge in [-0.25, -0.2) is 0 Å². The molecule has 1 fully saturated rings. The molecule has 3 rings (SSSR count). The lowest BCUT2D eigenvalue weighted by Gasteiger charge is -2.34. The highest BCUT2D eigenvalue weighted by molar-refractivity contribution is 6.35. The molecule has 1 saturated heterocycles. The molecule has 1 aromatic carbocycles. The van der Waals surface area contributed by atoms with Crippen LogP contribution in [-0.2, 0) is 9.59 Å². The van der Waals surface area contributed by atoms with Crippen LogP contribution in [0.2, 0.25) is 0 Å². The predicted octanol–water partition coefficient (Wildman–Crippen LogP) is 1.39. The number of hydrogen-bond acceptors (Lipinski definition) is 6. The summed E-state index contributed by atoms with van der Waals surface area (Å²) in [5, 5.41) is 8.60. The highest BCUT2D eigenvalue weighted by Gasteiger charge is 2.24. The molecule has 0 unspecified atom stereocenters. The number of amides is 1. The second-order valence-electron chi connectivity index (χ2n) is 5.84. The average molecular weight is 340 g/mol. The zero-order valence-corrected chi connectivity index (χ0v) is 14.3. The molecule has 0 spiro atoms. The summed E-state index contributed by atoms with van der Waals surface area (Å²) in [6.07, 6.45) is 0. The Labute approximate surface area is 146 Å². The summed E-state index contributed by atoms with van der Waals surface area (Å²) in [4.78, 5) is 26.5. The minimum absolute atomic E-state index is 0.416. The predicted molar refractivity (Wildman–Crippen MR) is 93.5 cm³/mol. The Hall–Kier alpha value is -2.96. The molecule has 0 saturated carbocycles. The summed E-state index contributed by atoms with van der Waals surface area (Å²) in [5.74, 6) is 0.733. The maximum Gasteiger partial charge on any atom is 0.289 e. The quantitative estimate of drug-likeness (QED) is 0.783. The molecule has 1 aromatic heterocycles. The van der Waals surface area contributed by atoms with Gasteiger partial charge in [-0.05, 0) is 36.4 Å². The van der Waals surface area contributed by atoms with Crippen LogP contribution in [0, 0.1) is 0 Å². The number of ketones is 1. The van der Waals surface area contributed by atoms with Crippen molar-refractivity contribution in [3.63, 3.8) is 0 Å². The maximum absolute atomic E-state index is 11.7. The van der Waals surface area contributed by atoms with Gasteiger partial charge in [-0.15, -0.1) is 10.2 Å². The summed E-state index contributed by atoms with van der Waals surface area (Å²) in [6.45, 7) is 3.60. The Bertz CT molecular complexity index is 751. The molecule has 0 radical (unpaired) electrons. The molecule has 0 N–H and O–H groups in total. The van der Waals surface area contributed by atoms with Crippen LogP contribution in [0.4, 0.5) is 5.82 Å². The lowest BCUT2D eigenvalue weighted by molar-refractivity contribution is -0.143. The van der Waals surface area contributed by atoms with Crippen LogP contribution in [-0.4, -0.2) is 60.1 Å². The van der Waals surface area contributed by atoms with Crippen molar-refractivity contribution in [2.45, 2.75) is 6.92 Å². The summed E-state index contributed by atoms with van der Waals surface area (Å²) >= 11 is 0. The van der Waals surface area contributed by atoms with Crippen molar-refractivity contribution in [3.8, 4) is 17.0 Å². The topological polar surface area (TPSA) is 75.6 Å². The first-order valence-corrected chi connectivity index (χ1v) is 8.11. The standard InChI is InChI=1S/C18H20N4O3/c1-13(23)18(24)22-11-9-21(10-12-22)17-8-7-16(19-20-17)14-3-5-15(25-2)6-4-14/h3-8H,9-12H2,1-2H3. The monoisotopic (exact) mass is 340 g/mol. The molecule has 130 valence electrons. The van der Waals surface area contributed by atoms with E-state index in [-0.39, 0.29) is 0 Å². The molecule has 0 bridgehead atoms. The Morgan fingerprint density at radius 1 is 0.960 bits per heavy atom. The van der Waals surface area contributed by atoms with Crippen molar-refractivity contribution in [1.82, 2.24) is 15.1 Å². The first-order chi connectivity index (χ1) is 12.1. The third-order valence-electron chi connectivity index (χ3n) is 4.23. The van der Waals surface area contributed by atoms with Crippen LogP contribution in [0.1, 0.15) is 6.92 Å². The van der Waals surface area contributed by atoms with Crippen LogP contribution in [0.3, 0.4) is 0 Å². The van der Waals surface area contributed by atoms with Gasteiger partial charge in [0.15, 0.2) is 5.82 Å². The van der Waals surface area contributed by atoms with Crippen molar-refractivity contribution < 1.29 is 14.3 Å². The number of ether oxygens (including phenoxy) is 1. The maximum atomic E-state index is 11.7. The molecule has 7 nitrogen and oxygen atoms in total. The molecule has 1 amide bonds. The fraction of sp³-hybridized carbons (Fsp3) is 0.333. The number of Topliss-reactive ketones (excluding diaryl/α,β-unsaturated/α-hetero) is 1. The Balaban J connectivity index is 1.65. The SMILES string of the molecule is COc1ccc(-c2ccc(N3CCN(C(=O)C(C)=O)CC3)nn2)cc1. The van der Waals surface area contributed by atoms with Gasteiger partial charge in [0.2, 0.25) is 5.78 Å². The second kappa shape index (κ2) is 7.29. The van der Waals surface area contributed by atoms with E-state index in [2.05, 4.69) is 15.1 Å². The van der Waals surface area contributed by atoms with Gasteiger partial charge in [-0.2, -0.15) is 0 Å². The van der Waals surface area contributed by atoms with Gasteiger partial charge in [-0.1, -0.05) is 0 Å². The fourth-order valence-electron chi connectivity index (χ4n) is 2.77. The Morgan fingerprint density at radius 2 is 1.64 bits per heavy atom. The largest absolute Gasteiger partial charge is 0.497 e. The van der Waals surface area contributed by atoms with Crippen molar-refractivity contribution >= 4 is 17.5 Å². The average Bonchev–Trinajstić information content (AvgIpc) is 2.67. The van der Waals surface area contributed by atoms with Gasteiger partial charge in [0.25, 0.3) is 5.91 Å². The van der Waals surface area contributed by atoms with E-state index in [1.807, 2.05) is 36.4 Å². The van der Waals surface area contributed by atoms with Crippen molar-refractivity contribution in [2.24, 2.45) is 0 Å². The first-order valence-electron chi connectivity index (χ1n) is 8.11. The molecular weight excluding hydrogens is 320 g/mol. The molecule has 1 aliphatic heterocycles. The minimum atomic E-state index is -0.419. The normalized spacial score (nSPS) is 14.3. The zero-order chi connectivity index (χ0) is 17.8. The van der Waals surface area contributed by atoms with Gasteiger partial charge < -0.3 is 14.5 Å². The number of carbonyl (C=O) groups excluding carboxylic acids is 2. The van der Waals surface area contributed by atoms with Gasteiger partial charge in [0.05, 0.1) is 12.8 Å². The van der Waals surface area contributed by atoms with Gasteiger partial charge in [0, 0.05) is 38.7 Å². The molecule has 2 aromatic rings. The Morgan fingerprint density at radius 3 is 2.16 bits per heavy atom. The summed E-state index contributed by atoms with van der Waals surface area (Å²) in [5.41, 5.74) is 1.76. The summed E-state index contributed by atoms with van der Waals surface area (Å²) < 4.78 is 5.15. The number of nitrogens with zero attached hydrogens (tertiary/aromatic N) is 4. The van der Waals surface area contributed by atoms with E-state index < -0.39 is 11.7 Å².